The molecular weight excluding hydrogens is 379 g/mol. The number of amides is 1. The average Bonchev–Trinajstić information content (AvgIpc) is 3.38. The summed E-state index contributed by atoms with van der Waals surface area (Å²) in [7, 11) is 0. The van der Waals surface area contributed by atoms with Crippen molar-refractivity contribution in [3.8, 4) is 11.3 Å². The van der Waals surface area contributed by atoms with Crippen LogP contribution in [0.3, 0.4) is 0 Å². The van der Waals surface area contributed by atoms with Crippen molar-refractivity contribution in [3.63, 3.8) is 0 Å². The third kappa shape index (κ3) is 3.45. The van der Waals surface area contributed by atoms with Crippen LogP contribution in [0.5, 0.6) is 0 Å². The van der Waals surface area contributed by atoms with Gasteiger partial charge in [-0.1, -0.05) is 6.07 Å². The van der Waals surface area contributed by atoms with Gasteiger partial charge >= 0.3 is 6.18 Å². The van der Waals surface area contributed by atoms with E-state index >= 15 is 0 Å². The number of furan rings is 1. The molecule has 138 valence electrons. The fourth-order valence-electron chi connectivity index (χ4n) is 2.67. The maximum atomic E-state index is 13.5. The molecule has 4 heterocycles. The van der Waals surface area contributed by atoms with Crippen LogP contribution in [-0.4, -0.2) is 15.3 Å². The van der Waals surface area contributed by atoms with Crippen LogP contribution in [0, 0.1) is 0 Å². The summed E-state index contributed by atoms with van der Waals surface area (Å²) in [4.78, 5) is 17.1. The molecule has 4 aromatic rings. The first kappa shape index (κ1) is 17.3. The Bertz CT molecular complexity index is 1080. The molecule has 0 aliphatic carbocycles. The van der Waals surface area contributed by atoms with Gasteiger partial charge in [0.1, 0.15) is 17.1 Å². The van der Waals surface area contributed by atoms with Crippen LogP contribution < -0.4 is 5.32 Å². The third-order valence-electron chi connectivity index (χ3n) is 3.90. The van der Waals surface area contributed by atoms with Gasteiger partial charge in [-0.2, -0.15) is 13.2 Å². The van der Waals surface area contributed by atoms with E-state index in [0.29, 0.717) is 5.76 Å². The lowest BCUT2D eigenvalue weighted by Crippen LogP contribution is -2.22. The molecule has 0 saturated heterocycles. The Labute approximate surface area is 155 Å². The van der Waals surface area contributed by atoms with Gasteiger partial charge in [0.2, 0.25) is 0 Å². The minimum Gasteiger partial charge on any atom is -0.464 e. The normalized spacial score (nSPS) is 11.8. The van der Waals surface area contributed by atoms with Crippen molar-refractivity contribution in [2.24, 2.45) is 0 Å². The number of hydrogen-bond donors (Lipinski definition) is 1. The fourth-order valence-corrected chi connectivity index (χ4v) is 3.31. The molecule has 0 aliphatic heterocycles. The van der Waals surface area contributed by atoms with Crippen LogP contribution in [-0.2, 0) is 12.7 Å². The second kappa shape index (κ2) is 6.58. The van der Waals surface area contributed by atoms with E-state index in [2.05, 4.69) is 10.3 Å². The van der Waals surface area contributed by atoms with E-state index in [0.717, 1.165) is 10.9 Å². The summed E-state index contributed by atoms with van der Waals surface area (Å²) in [5.41, 5.74) is -1.12. The highest BCUT2D eigenvalue weighted by atomic mass is 32.1. The number of fused-ring (bicyclic) bond motifs is 1. The Morgan fingerprint density at radius 2 is 2.11 bits per heavy atom. The maximum Gasteiger partial charge on any atom is 0.420 e. The van der Waals surface area contributed by atoms with Gasteiger partial charge in [-0.05, 0) is 29.6 Å². The van der Waals surface area contributed by atoms with E-state index in [1.165, 1.54) is 34.4 Å². The van der Waals surface area contributed by atoms with E-state index in [1.807, 2.05) is 17.5 Å². The molecule has 0 aromatic carbocycles. The minimum absolute atomic E-state index is 0.0892. The van der Waals surface area contributed by atoms with Gasteiger partial charge < -0.3 is 14.1 Å². The number of rotatable bonds is 4. The quantitative estimate of drug-likeness (QED) is 0.553. The SMILES string of the molecule is O=C(NCc1cccs1)c1cn2cc(-c3ccco3)cc(C(F)(F)F)c2n1. The molecule has 0 fully saturated rings. The Balaban J connectivity index is 1.73. The summed E-state index contributed by atoms with van der Waals surface area (Å²) in [6.07, 6.45) is -0.517. The molecule has 27 heavy (non-hydrogen) atoms. The van der Waals surface area contributed by atoms with Gasteiger partial charge in [-0.25, -0.2) is 4.98 Å². The van der Waals surface area contributed by atoms with Crippen molar-refractivity contribution in [3.05, 3.63) is 70.5 Å². The first-order valence-electron chi connectivity index (χ1n) is 7.86. The molecule has 0 unspecified atom stereocenters. The second-order valence-electron chi connectivity index (χ2n) is 5.74. The highest BCUT2D eigenvalue weighted by Crippen LogP contribution is 2.35. The van der Waals surface area contributed by atoms with Crippen LogP contribution in [0.25, 0.3) is 17.0 Å². The molecule has 0 aliphatic rings. The lowest BCUT2D eigenvalue weighted by Gasteiger charge is -2.09. The third-order valence-corrected chi connectivity index (χ3v) is 4.77. The number of pyridine rings is 1. The standard InChI is InChI=1S/C18H12F3N3O2S/c19-18(20,21)13-7-11(15-4-1-5-26-15)9-24-10-14(23-16(13)24)17(25)22-8-12-3-2-6-27-12/h1-7,9-10H,8H2,(H,22,25). The number of nitrogens with one attached hydrogen (secondary N) is 1. The molecule has 4 rings (SSSR count). The van der Waals surface area contributed by atoms with Crippen molar-refractivity contribution in [2.45, 2.75) is 12.7 Å². The van der Waals surface area contributed by atoms with E-state index < -0.39 is 17.6 Å². The van der Waals surface area contributed by atoms with Gasteiger partial charge in [-0.3, -0.25) is 4.79 Å². The second-order valence-corrected chi connectivity index (χ2v) is 6.77. The first-order valence-corrected chi connectivity index (χ1v) is 8.74. The Hall–Kier alpha value is -3.07. The van der Waals surface area contributed by atoms with Crippen LogP contribution in [0.15, 0.2) is 58.8 Å². The number of alkyl halides is 3. The van der Waals surface area contributed by atoms with Crippen LogP contribution in [0.2, 0.25) is 0 Å². The zero-order chi connectivity index (χ0) is 19.0. The largest absolute Gasteiger partial charge is 0.464 e. The first-order chi connectivity index (χ1) is 12.9. The molecule has 0 bridgehead atoms. The number of aromatic nitrogens is 2. The number of nitrogens with zero attached hydrogens (tertiary/aromatic N) is 2. The van der Waals surface area contributed by atoms with E-state index in [4.69, 9.17) is 4.42 Å². The number of carbonyl (C=O) groups is 1. The number of imidazole rings is 1. The van der Waals surface area contributed by atoms with Gasteiger partial charge in [0, 0.05) is 22.8 Å². The highest BCUT2D eigenvalue weighted by molar-refractivity contribution is 7.09. The van der Waals surface area contributed by atoms with Crippen molar-refractivity contribution >= 4 is 22.9 Å². The monoisotopic (exact) mass is 391 g/mol. The predicted molar refractivity (Wildman–Crippen MR) is 93.4 cm³/mol. The lowest BCUT2D eigenvalue weighted by atomic mass is 10.1. The minimum atomic E-state index is -4.63. The summed E-state index contributed by atoms with van der Waals surface area (Å²) in [6.45, 7) is 0.286. The van der Waals surface area contributed by atoms with Gasteiger partial charge in [0.05, 0.1) is 18.4 Å². The van der Waals surface area contributed by atoms with Gasteiger partial charge in [0.25, 0.3) is 5.91 Å². The Kier molecular flexibility index (Phi) is 4.23. The van der Waals surface area contributed by atoms with Gasteiger partial charge in [-0.15, -0.1) is 11.3 Å². The topological polar surface area (TPSA) is 59.5 Å². The molecule has 0 saturated carbocycles. The molecule has 0 radical (unpaired) electrons. The Morgan fingerprint density at radius 3 is 2.78 bits per heavy atom. The fraction of sp³-hybridized carbons (Fsp3) is 0.111. The molecule has 9 heteroatoms. The summed E-state index contributed by atoms with van der Waals surface area (Å²) in [5, 5.41) is 4.53. The van der Waals surface area contributed by atoms with Gasteiger partial charge in [0.15, 0.2) is 0 Å². The Morgan fingerprint density at radius 1 is 1.26 bits per heavy atom. The summed E-state index contributed by atoms with van der Waals surface area (Å²) in [6, 6.07) is 7.82. The molecule has 5 nitrogen and oxygen atoms in total. The average molecular weight is 391 g/mol. The number of hydrogen-bond acceptors (Lipinski definition) is 4. The molecule has 0 spiro atoms. The number of carbonyl (C=O) groups excluding carboxylic acids is 1. The summed E-state index contributed by atoms with van der Waals surface area (Å²) < 4.78 is 46.9. The van der Waals surface area contributed by atoms with E-state index in [9.17, 15) is 18.0 Å². The van der Waals surface area contributed by atoms with E-state index in [-0.39, 0.29) is 23.4 Å². The molecule has 0 atom stereocenters. The zero-order valence-electron chi connectivity index (χ0n) is 13.7. The summed E-state index contributed by atoms with van der Waals surface area (Å²) >= 11 is 1.47. The maximum absolute atomic E-state index is 13.5. The molecular formula is C18H12F3N3O2S. The molecule has 1 amide bonds. The van der Waals surface area contributed by atoms with E-state index in [1.54, 1.807) is 12.1 Å². The highest BCUT2D eigenvalue weighted by Gasteiger charge is 2.35. The van der Waals surface area contributed by atoms with Crippen molar-refractivity contribution in [1.82, 2.24) is 14.7 Å². The molecule has 4 aromatic heterocycles. The zero-order valence-corrected chi connectivity index (χ0v) is 14.5. The van der Waals surface area contributed by atoms with Crippen molar-refractivity contribution < 1.29 is 22.4 Å². The number of halogens is 3. The summed E-state index contributed by atoms with van der Waals surface area (Å²) in [5.74, 6) is -0.250. The molecule has 1 N–H and O–H groups in total. The van der Waals surface area contributed by atoms with Crippen LogP contribution in [0.1, 0.15) is 20.9 Å². The van der Waals surface area contributed by atoms with Crippen molar-refractivity contribution in [2.75, 3.05) is 0 Å². The number of thiophene rings is 1. The van der Waals surface area contributed by atoms with Crippen molar-refractivity contribution in [1.29, 1.82) is 0 Å². The lowest BCUT2D eigenvalue weighted by molar-refractivity contribution is -0.136. The predicted octanol–water partition coefficient (Wildman–Crippen LogP) is 4.60. The van der Waals surface area contributed by atoms with Crippen LogP contribution >= 0.6 is 11.3 Å². The van der Waals surface area contributed by atoms with Crippen LogP contribution in [0.4, 0.5) is 13.2 Å². The smallest absolute Gasteiger partial charge is 0.420 e.